The zero-order valence-electron chi connectivity index (χ0n) is 8.22. The van der Waals surface area contributed by atoms with Gasteiger partial charge in [0.2, 0.25) is 0 Å². The first-order valence-electron chi connectivity index (χ1n) is 4.86. The Morgan fingerprint density at radius 2 is 1.93 bits per heavy atom. The van der Waals surface area contributed by atoms with E-state index in [-0.39, 0.29) is 18.6 Å². The van der Waals surface area contributed by atoms with Crippen molar-refractivity contribution in [2.45, 2.75) is 32.0 Å². The summed E-state index contributed by atoms with van der Waals surface area (Å²) in [6, 6.07) is 10.0. The summed E-state index contributed by atoms with van der Waals surface area (Å²) in [5.41, 5.74) is 7.14. The maximum absolute atomic E-state index is 5.92. The maximum Gasteiger partial charge on any atom is 0.179 e. The summed E-state index contributed by atoms with van der Waals surface area (Å²) in [6.45, 7) is 1.87. The molecule has 76 valence electrons. The average molecular weight is 193 g/mol. The van der Waals surface area contributed by atoms with Crippen molar-refractivity contribution in [2.75, 3.05) is 0 Å². The van der Waals surface area contributed by atoms with Crippen LogP contribution in [0, 0.1) is 0 Å². The van der Waals surface area contributed by atoms with Crippen LogP contribution in [0.5, 0.6) is 0 Å². The zero-order chi connectivity index (χ0) is 9.97. The summed E-state index contributed by atoms with van der Waals surface area (Å²) >= 11 is 0. The molecule has 1 heterocycles. The van der Waals surface area contributed by atoms with E-state index in [9.17, 15) is 0 Å². The van der Waals surface area contributed by atoms with Crippen molar-refractivity contribution in [3.8, 4) is 0 Å². The van der Waals surface area contributed by atoms with Gasteiger partial charge in [-0.25, -0.2) is 0 Å². The van der Waals surface area contributed by atoms with E-state index in [0.29, 0.717) is 0 Å². The fourth-order valence-corrected chi connectivity index (χ4v) is 1.57. The Morgan fingerprint density at radius 3 is 2.50 bits per heavy atom. The molecule has 2 N–H and O–H groups in total. The highest BCUT2D eigenvalue weighted by molar-refractivity contribution is 5.16. The van der Waals surface area contributed by atoms with Crippen LogP contribution in [0.2, 0.25) is 0 Å². The molecule has 1 saturated heterocycles. The summed E-state index contributed by atoms with van der Waals surface area (Å²) in [6.07, 6.45) is 0.463. The van der Waals surface area contributed by atoms with Crippen LogP contribution in [0.4, 0.5) is 0 Å². The Morgan fingerprint density at radius 1 is 1.29 bits per heavy atom. The predicted molar refractivity (Wildman–Crippen MR) is 53.5 cm³/mol. The monoisotopic (exact) mass is 193 g/mol. The molecule has 1 aliphatic heterocycles. The number of hydrogen-bond donors (Lipinski definition) is 1. The van der Waals surface area contributed by atoms with Gasteiger partial charge in [-0.3, -0.25) is 0 Å². The van der Waals surface area contributed by atoms with Crippen LogP contribution < -0.4 is 5.73 Å². The molecule has 1 atom stereocenters. The molecule has 1 aromatic carbocycles. The van der Waals surface area contributed by atoms with Crippen molar-refractivity contribution in [3.05, 3.63) is 35.9 Å². The fourth-order valence-electron chi connectivity index (χ4n) is 1.57. The van der Waals surface area contributed by atoms with Crippen LogP contribution in [0.3, 0.4) is 0 Å². The van der Waals surface area contributed by atoms with Gasteiger partial charge in [0.05, 0.1) is 6.04 Å². The summed E-state index contributed by atoms with van der Waals surface area (Å²) < 4.78 is 10.7. The van der Waals surface area contributed by atoms with Gasteiger partial charge in [0.15, 0.2) is 12.6 Å². The Labute approximate surface area is 83.8 Å². The standard InChI is InChI=1S/C11H15NO2/c1-8-13-11(14-8)10(12)7-9-5-3-2-4-6-9/h2-6,8,10-11H,7,12H2,1H3. The van der Waals surface area contributed by atoms with Crippen LogP contribution in [0.15, 0.2) is 30.3 Å². The molecule has 1 aliphatic rings. The minimum Gasteiger partial charge on any atom is -0.323 e. The average Bonchev–Trinajstić information content (AvgIpc) is 2.14. The molecule has 0 bridgehead atoms. The van der Waals surface area contributed by atoms with E-state index in [1.807, 2.05) is 25.1 Å². The summed E-state index contributed by atoms with van der Waals surface area (Å²) in [4.78, 5) is 0. The summed E-state index contributed by atoms with van der Waals surface area (Å²) in [5.74, 6) is 0. The first-order chi connectivity index (χ1) is 6.75. The molecule has 14 heavy (non-hydrogen) atoms. The van der Waals surface area contributed by atoms with E-state index < -0.39 is 0 Å². The molecule has 0 saturated carbocycles. The Balaban J connectivity index is 1.86. The highest BCUT2D eigenvalue weighted by atomic mass is 16.9. The van der Waals surface area contributed by atoms with Gasteiger partial charge in [0, 0.05) is 0 Å². The first kappa shape index (κ1) is 9.65. The molecule has 1 fully saturated rings. The number of ether oxygens (including phenoxy) is 2. The van der Waals surface area contributed by atoms with Crippen molar-refractivity contribution in [1.82, 2.24) is 0 Å². The third-order valence-corrected chi connectivity index (χ3v) is 2.32. The van der Waals surface area contributed by atoms with Gasteiger partial charge in [-0.2, -0.15) is 0 Å². The minimum absolute atomic E-state index is 0.0754. The van der Waals surface area contributed by atoms with Crippen molar-refractivity contribution >= 4 is 0 Å². The fraction of sp³-hybridized carbons (Fsp3) is 0.455. The Hall–Kier alpha value is -0.900. The highest BCUT2D eigenvalue weighted by Crippen LogP contribution is 2.19. The summed E-state index contributed by atoms with van der Waals surface area (Å²) in [7, 11) is 0. The van der Waals surface area contributed by atoms with E-state index in [1.54, 1.807) is 0 Å². The predicted octanol–water partition coefficient (Wildman–Crippen LogP) is 1.28. The van der Waals surface area contributed by atoms with Crippen LogP contribution in [-0.2, 0) is 15.9 Å². The lowest BCUT2D eigenvalue weighted by Gasteiger charge is -2.37. The van der Waals surface area contributed by atoms with Gasteiger partial charge in [-0.05, 0) is 18.9 Å². The quantitative estimate of drug-likeness (QED) is 0.786. The molecule has 0 spiro atoms. The van der Waals surface area contributed by atoms with Crippen LogP contribution in [0.1, 0.15) is 12.5 Å². The Kier molecular flexibility index (Phi) is 2.82. The molecule has 1 aromatic rings. The third-order valence-electron chi connectivity index (χ3n) is 2.32. The van der Waals surface area contributed by atoms with Crippen LogP contribution >= 0.6 is 0 Å². The number of rotatable bonds is 3. The molecule has 0 aliphatic carbocycles. The van der Waals surface area contributed by atoms with Gasteiger partial charge in [0.25, 0.3) is 0 Å². The molecular formula is C11H15NO2. The zero-order valence-corrected chi connectivity index (χ0v) is 8.22. The maximum atomic E-state index is 5.92. The second-order valence-electron chi connectivity index (χ2n) is 3.56. The smallest absolute Gasteiger partial charge is 0.179 e. The van der Waals surface area contributed by atoms with Crippen molar-refractivity contribution in [2.24, 2.45) is 5.73 Å². The minimum atomic E-state index is -0.231. The third kappa shape index (κ3) is 2.12. The molecular weight excluding hydrogens is 178 g/mol. The van der Waals surface area contributed by atoms with E-state index in [0.717, 1.165) is 6.42 Å². The Bertz CT molecular complexity index is 283. The number of hydrogen-bond acceptors (Lipinski definition) is 3. The first-order valence-corrected chi connectivity index (χ1v) is 4.86. The number of benzene rings is 1. The van der Waals surface area contributed by atoms with Crippen molar-refractivity contribution < 1.29 is 9.47 Å². The largest absolute Gasteiger partial charge is 0.323 e. The highest BCUT2D eigenvalue weighted by Gasteiger charge is 2.32. The van der Waals surface area contributed by atoms with Crippen molar-refractivity contribution in [1.29, 1.82) is 0 Å². The van der Waals surface area contributed by atoms with E-state index in [4.69, 9.17) is 15.2 Å². The molecule has 3 nitrogen and oxygen atoms in total. The summed E-state index contributed by atoms with van der Waals surface area (Å²) in [5, 5.41) is 0. The van der Waals surface area contributed by atoms with Gasteiger partial charge in [0.1, 0.15) is 0 Å². The lowest BCUT2D eigenvalue weighted by atomic mass is 10.1. The van der Waals surface area contributed by atoms with Gasteiger partial charge >= 0.3 is 0 Å². The molecule has 2 rings (SSSR count). The molecule has 0 aromatic heterocycles. The van der Waals surface area contributed by atoms with E-state index in [2.05, 4.69) is 12.1 Å². The van der Waals surface area contributed by atoms with Gasteiger partial charge in [-0.15, -0.1) is 0 Å². The lowest BCUT2D eigenvalue weighted by molar-refractivity contribution is -0.381. The topological polar surface area (TPSA) is 44.5 Å². The number of nitrogens with two attached hydrogens (primary N) is 1. The van der Waals surface area contributed by atoms with Gasteiger partial charge < -0.3 is 15.2 Å². The van der Waals surface area contributed by atoms with Crippen LogP contribution in [-0.4, -0.2) is 18.6 Å². The molecule has 3 heteroatoms. The second kappa shape index (κ2) is 4.09. The van der Waals surface area contributed by atoms with E-state index >= 15 is 0 Å². The van der Waals surface area contributed by atoms with Crippen molar-refractivity contribution in [3.63, 3.8) is 0 Å². The lowest BCUT2D eigenvalue weighted by Crippen LogP contribution is -2.51. The normalized spacial score (nSPS) is 28.1. The molecule has 0 radical (unpaired) electrons. The SMILES string of the molecule is CC1OC(C(N)Cc2ccccc2)O1. The second-order valence-corrected chi connectivity index (χ2v) is 3.56. The van der Waals surface area contributed by atoms with Gasteiger partial charge in [-0.1, -0.05) is 30.3 Å². The van der Waals surface area contributed by atoms with Crippen LogP contribution in [0.25, 0.3) is 0 Å². The molecule has 0 amide bonds. The molecule has 1 unspecified atom stereocenters. The van der Waals surface area contributed by atoms with E-state index in [1.165, 1.54) is 5.56 Å².